The van der Waals surface area contributed by atoms with Gasteiger partial charge in [0.15, 0.2) is 17.6 Å². The second-order valence-corrected chi connectivity index (χ2v) is 5.08. The van der Waals surface area contributed by atoms with E-state index in [0.29, 0.717) is 0 Å². The summed E-state index contributed by atoms with van der Waals surface area (Å²) in [6.07, 6.45) is -2.10. The minimum absolute atomic E-state index is 0.0335. The number of benzene rings is 2. The molecule has 1 heterocycles. The third-order valence-electron chi connectivity index (χ3n) is 3.63. The van der Waals surface area contributed by atoms with Crippen molar-refractivity contribution in [3.63, 3.8) is 0 Å². The van der Waals surface area contributed by atoms with Crippen molar-refractivity contribution in [2.45, 2.75) is 11.9 Å². The molecule has 0 saturated heterocycles. The first kappa shape index (κ1) is 14.9. The summed E-state index contributed by atoms with van der Waals surface area (Å²) in [4.78, 5) is 12.3. The van der Waals surface area contributed by atoms with Crippen LogP contribution in [0.5, 0.6) is 28.7 Å². The van der Waals surface area contributed by atoms with Gasteiger partial charge in [-0.2, -0.15) is 0 Å². The first-order valence-corrected chi connectivity index (χ1v) is 6.46. The zero-order valence-corrected chi connectivity index (χ0v) is 11.5. The van der Waals surface area contributed by atoms with E-state index in [2.05, 4.69) is 0 Å². The quantitative estimate of drug-likeness (QED) is 0.411. The van der Waals surface area contributed by atoms with E-state index < -0.39 is 46.2 Å². The molecule has 8 heteroatoms. The smallest absolute Gasteiger partial charge is 0.268 e. The maximum absolute atomic E-state index is 12.3. The highest BCUT2D eigenvalue weighted by atomic mass is 16.6. The van der Waals surface area contributed by atoms with E-state index in [-0.39, 0.29) is 11.3 Å². The average Bonchev–Trinajstić information content (AvgIpc) is 2.51. The van der Waals surface area contributed by atoms with E-state index in [1.165, 1.54) is 24.3 Å². The first-order chi connectivity index (χ1) is 10.8. The van der Waals surface area contributed by atoms with E-state index in [4.69, 9.17) is 4.74 Å². The molecule has 8 nitrogen and oxygen atoms in total. The summed E-state index contributed by atoms with van der Waals surface area (Å²) in [6.45, 7) is 0. The predicted molar refractivity (Wildman–Crippen MR) is 74.4 cm³/mol. The molecule has 2 aromatic rings. The lowest BCUT2D eigenvalue weighted by molar-refractivity contribution is -0.204. The average molecular weight is 320 g/mol. The lowest BCUT2D eigenvalue weighted by Crippen LogP contribution is -2.52. The van der Waals surface area contributed by atoms with E-state index in [0.717, 1.165) is 6.07 Å². The lowest BCUT2D eigenvalue weighted by atomic mass is 9.89. The van der Waals surface area contributed by atoms with Crippen molar-refractivity contribution in [3.8, 4) is 28.7 Å². The van der Waals surface area contributed by atoms with Gasteiger partial charge < -0.3 is 35.4 Å². The molecule has 6 N–H and O–H groups in total. The van der Waals surface area contributed by atoms with Crippen LogP contribution in [0.15, 0.2) is 30.3 Å². The molecule has 0 radical (unpaired) electrons. The number of ketones is 1. The highest BCUT2D eigenvalue weighted by molar-refractivity contribution is 6.06. The van der Waals surface area contributed by atoms with Crippen molar-refractivity contribution in [2.24, 2.45) is 0 Å². The lowest BCUT2D eigenvalue weighted by Gasteiger charge is -2.37. The van der Waals surface area contributed by atoms with Crippen LogP contribution in [0.25, 0.3) is 0 Å². The van der Waals surface area contributed by atoms with Gasteiger partial charge in [0.05, 0.1) is 0 Å². The van der Waals surface area contributed by atoms with Gasteiger partial charge in [0.1, 0.15) is 17.1 Å². The molecule has 0 fully saturated rings. The third kappa shape index (κ3) is 2.04. The van der Waals surface area contributed by atoms with E-state index in [1.54, 1.807) is 0 Å². The Morgan fingerprint density at radius 2 is 1.61 bits per heavy atom. The van der Waals surface area contributed by atoms with Crippen LogP contribution in [0, 0.1) is 0 Å². The summed E-state index contributed by atoms with van der Waals surface area (Å²) >= 11 is 0. The van der Waals surface area contributed by atoms with Crippen LogP contribution in [-0.2, 0) is 5.79 Å². The Labute approximate surface area is 129 Å². The molecule has 0 amide bonds. The minimum atomic E-state index is -2.49. The fraction of sp³-hybridized carbons (Fsp3) is 0.133. The molecule has 2 atom stereocenters. The molecule has 0 bridgehead atoms. The maximum Gasteiger partial charge on any atom is 0.268 e. The molecular weight excluding hydrogens is 308 g/mol. The molecule has 1 aliphatic rings. The molecular formula is C15H12O8. The van der Waals surface area contributed by atoms with Crippen LogP contribution in [-0.4, -0.2) is 42.5 Å². The molecule has 1 aliphatic heterocycles. The molecule has 0 saturated carbocycles. The van der Waals surface area contributed by atoms with Crippen LogP contribution in [0.2, 0.25) is 0 Å². The molecule has 120 valence electrons. The van der Waals surface area contributed by atoms with Crippen molar-refractivity contribution in [1.82, 2.24) is 0 Å². The standard InChI is InChI=1S/C15H12O8/c16-7-3-1-6(2-4-7)15(22)14(21)13(20)10-9(23-15)5-8(17)11(18)12(10)19/h1-5,14,16-19,21-22H. The number of hydrogen-bond donors (Lipinski definition) is 6. The Kier molecular flexibility index (Phi) is 3.10. The van der Waals surface area contributed by atoms with Gasteiger partial charge in [0.2, 0.25) is 11.5 Å². The van der Waals surface area contributed by atoms with Gasteiger partial charge in [-0.15, -0.1) is 0 Å². The summed E-state index contributed by atoms with van der Waals surface area (Å²) in [6, 6.07) is 5.73. The zero-order valence-electron chi connectivity index (χ0n) is 11.5. The predicted octanol–water partition coefficient (Wildman–Crippen LogP) is 0.290. The van der Waals surface area contributed by atoms with Gasteiger partial charge in [0.25, 0.3) is 5.79 Å². The van der Waals surface area contributed by atoms with Crippen molar-refractivity contribution in [2.75, 3.05) is 0 Å². The molecule has 0 spiro atoms. The molecule has 3 rings (SSSR count). The van der Waals surface area contributed by atoms with Crippen molar-refractivity contribution in [3.05, 3.63) is 41.5 Å². The third-order valence-corrected chi connectivity index (χ3v) is 3.63. The number of aliphatic hydroxyl groups excluding tert-OH is 1. The van der Waals surface area contributed by atoms with Crippen LogP contribution >= 0.6 is 0 Å². The first-order valence-electron chi connectivity index (χ1n) is 6.46. The molecule has 2 unspecified atom stereocenters. The van der Waals surface area contributed by atoms with Gasteiger partial charge in [0, 0.05) is 11.6 Å². The number of aliphatic hydroxyl groups is 2. The second-order valence-electron chi connectivity index (χ2n) is 5.08. The Balaban J connectivity index is 2.18. The molecule has 23 heavy (non-hydrogen) atoms. The number of carbonyl (C=O) groups is 1. The highest BCUT2D eigenvalue weighted by Crippen LogP contribution is 2.48. The van der Waals surface area contributed by atoms with E-state index >= 15 is 0 Å². The van der Waals surface area contributed by atoms with Gasteiger partial charge in [-0.25, -0.2) is 0 Å². The van der Waals surface area contributed by atoms with Gasteiger partial charge in [-0.1, -0.05) is 0 Å². The van der Waals surface area contributed by atoms with Crippen molar-refractivity contribution >= 4 is 5.78 Å². The Bertz CT molecular complexity index is 798. The van der Waals surface area contributed by atoms with Gasteiger partial charge >= 0.3 is 0 Å². The zero-order chi connectivity index (χ0) is 16.9. The fourth-order valence-corrected chi connectivity index (χ4v) is 2.39. The summed E-state index contributed by atoms with van der Waals surface area (Å²) < 4.78 is 5.22. The number of hydrogen-bond acceptors (Lipinski definition) is 8. The summed E-state index contributed by atoms with van der Waals surface area (Å²) in [5.74, 6) is -6.78. The maximum atomic E-state index is 12.3. The Morgan fingerprint density at radius 3 is 2.22 bits per heavy atom. The topological polar surface area (TPSA) is 148 Å². The molecule has 2 aromatic carbocycles. The van der Waals surface area contributed by atoms with E-state index in [9.17, 15) is 35.4 Å². The van der Waals surface area contributed by atoms with Crippen molar-refractivity contribution in [1.29, 1.82) is 0 Å². The minimum Gasteiger partial charge on any atom is -0.508 e. The number of phenolic OH excluding ortho intramolecular Hbond substituents is 4. The SMILES string of the molecule is O=C1c2c(cc(O)c(O)c2O)OC(O)(c2ccc(O)cc2)C1O. The second kappa shape index (κ2) is 4.77. The fourth-order valence-electron chi connectivity index (χ4n) is 2.39. The number of rotatable bonds is 1. The van der Waals surface area contributed by atoms with Crippen LogP contribution in [0.4, 0.5) is 0 Å². The van der Waals surface area contributed by atoms with Crippen LogP contribution in [0.3, 0.4) is 0 Å². The normalized spacial score (nSPS) is 23.2. The number of aromatic hydroxyl groups is 4. The number of fused-ring (bicyclic) bond motifs is 1. The van der Waals surface area contributed by atoms with E-state index in [1.807, 2.05) is 0 Å². The summed E-state index contributed by atoms with van der Waals surface area (Å²) in [5, 5.41) is 58.7. The van der Waals surface area contributed by atoms with Gasteiger partial charge in [-0.3, -0.25) is 4.79 Å². The van der Waals surface area contributed by atoms with Gasteiger partial charge in [-0.05, 0) is 24.3 Å². The van der Waals surface area contributed by atoms with Crippen LogP contribution < -0.4 is 4.74 Å². The monoisotopic (exact) mass is 320 g/mol. The van der Waals surface area contributed by atoms with Crippen LogP contribution in [0.1, 0.15) is 15.9 Å². The number of Topliss-reactive ketones (excluding diaryl/α,β-unsaturated/α-hetero) is 1. The molecule has 0 aromatic heterocycles. The Morgan fingerprint density at radius 1 is 1.00 bits per heavy atom. The molecule has 0 aliphatic carbocycles. The number of carbonyl (C=O) groups excluding carboxylic acids is 1. The summed E-state index contributed by atoms with van der Waals surface area (Å²) in [7, 11) is 0. The summed E-state index contributed by atoms with van der Waals surface area (Å²) in [5.41, 5.74) is -0.592. The number of phenols is 4. The highest BCUT2D eigenvalue weighted by Gasteiger charge is 2.51. The largest absolute Gasteiger partial charge is 0.508 e. The Hall–Kier alpha value is -2.97. The van der Waals surface area contributed by atoms with Crippen molar-refractivity contribution < 1.29 is 40.2 Å². The number of ether oxygens (including phenoxy) is 1.